The number of nitro groups is 1. The maximum atomic E-state index is 12.0. The fourth-order valence-corrected chi connectivity index (χ4v) is 2.15. The number of non-ortho nitro benzene ring substituents is 1. The Labute approximate surface area is 134 Å². The summed E-state index contributed by atoms with van der Waals surface area (Å²) >= 11 is 0. The zero-order valence-electron chi connectivity index (χ0n) is 13.2. The average Bonchev–Trinajstić information content (AvgIpc) is 2.53. The summed E-state index contributed by atoms with van der Waals surface area (Å²) in [6.07, 6.45) is 0. The van der Waals surface area contributed by atoms with Crippen LogP contribution in [-0.4, -0.2) is 29.8 Å². The standard InChI is InChI=1S/C17H19N3O3/c1-19(2)12-14-5-3-13(4-6-14)11-18-17(21)15-7-9-16(10-8-15)20(22)23/h3-10H,11-12H2,1-2H3,(H,18,21). The van der Waals surface area contributed by atoms with Crippen LogP contribution in [0.5, 0.6) is 0 Å². The zero-order valence-corrected chi connectivity index (χ0v) is 13.2. The molecule has 1 amide bonds. The molecule has 6 nitrogen and oxygen atoms in total. The molecule has 0 fully saturated rings. The smallest absolute Gasteiger partial charge is 0.269 e. The predicted molar refractivity (Wildman–Crippen MR) is 88.1 cm³/mol. The van der Waals surface area contributed by atoms with Crippen molar-refractivity contribution in [3.05, 3.63) is 75.3 Å². The number of hydrogen-bond donors (Lipinski definition) is 1. The van der Waals surface area contributed by atoms with Crippen molar-refractivity contribution in [2.45, 2.75) is 13.1 Å². The van der Waals surface area contributed by atoms with Crippen molar-refractivity contribution in [3.8, 4) is 0 Å². The van der Waals surface area contributed by atoms with Crippen molar-refractivity contribution < 1.29 is 9.72 Å². The molecule has 0 bridgehead atoms. The Bertz CT molecular complexity index is 679. The minimum Gasteiger partial charge on any atom is -0.348 e. The molecule has 2 aromatic rings. The molecule has 0 aromatic heterocycles. The highest BCUT2D eigenvalue weighted by atomic mass is 16.6. The minimum atomic E-state index is -0.489. The van der Waals surface area contributed by atoms with Gasteiger partial charge in [-0.1, -0.05) is 24.3 Å². The third kappa shape index (κ3) is 4.89. The zero-order chi connectivity index (χ0) is 16.8. The molecule has 0 saturated carbocycles. The molecule has 120 valence electrons. The molecule has 0 aliphatic rings. The van der Waals surface area contributed by atoms with E-state index in [-0.39, 0.29) is 11.6 Å². The maximum absolute atomic E-state index is 12.0. The first-order valence-electron chi connectivity index (χ1n) is 7.21. The van der Waals surface area contributed by atoms with Gasteiger partial charge in [0.05, 0.1) is 4.92 Å². The summed E-state index contributed by atoms with van der Waals surface area (Å²) < 4.78 is 0. The molecule has 0 radical (unpaired) electrons. The Morgan fingerprint density at radius 3 is 2.13 bits per heavy atom. The molecule has 6 heteroatoms. The van der Waals surface area contributed by atoms with Crippen molar-refractivity contribution in [1.29, 1.82) is 0 Å². The van der Waals surface area contributed by atoms with Gasteiger partial charge in [-0.2, -0.15) is 0 Å². The van der Waals surface area contributed by atoms with Crippen LogP contribution in [-0.2, 0) is 13.1 Å². The second kappa shape index (κ2) is 7.51. The van der Waals surface area contributed by atoms with E-state index in [9.17, 15) is 14.9 Å². The third-order valence-corrected chi connectivity index (χ3v) is 3.32. The first kappa shape index (κ1) is 16.6. The number of carbonyl (C=O) groups excluding carboxylic acids is 1. The number of benzene rings is 2. The highest BCUT2D eigenvalue weighted by molar-refractivity contribution is 5.94. The van der Waals surface area contributed by atoms with Crippen molar-refractivity contribution in [3.63, 3.8) is 0 Å². The Balaban J connectivity index is 1.92. The van der Waals surface area contributed by atoms with Gasteiger partial charge in [-0.3, -0.25) is 14.9 Å². The molecule has 0 spiro atoms. The van der Waals surface area contributed by atoms with Crippen LogP contribution in [0.25, 0.3) is 0 Å². The summed E-state index contributed by atoms with van der Waals surface area (Å²) in [7, 11) is 4.02. The summed E-state index contributed by atoms with van der Waals surface area (Å²) in [4.78, 5) is 24.2. The Morgan fingerprint density at radius 1 is 1.04 bits per heavy atom. The summed E-state index contributed by atoms with van der Waals surface area (Å²) in [5.74, 6) is -0.253. The highest BCUT2D eigenvalue weighted by Crippen LogP contribution is 2.12. The van der Waals surface area contributed by atoms with E-state index < -0.39 is 4.92 Å². The van der Waals surface area contributed by atoms with Gasteiger partial charge in [-0.05, 0) is 37.4 Å². The van der Waals surface area contributed by atoms with E-state index in [0.29, 0.717) is 12.1 Å². The van der Waals surface area contributed by atoms with Gasteiger partial charge in [0.1, 0.15) is 0 Å². The van der Waals surface area contributed by atoms with Crippen LogP contribution in [0, 0.1) is 10.1 Å². The summed E-state index contributed by atoms with van der Waals surface area (Å²) in [5, 5.41) is 13.4. The van der Waals surface area contributed by atoms with E-state index >= 15 is 0 Å². The summed E-state index contributed by atoms with van der Waals surface area (Å²) in [5.41, 5.74) is 2.58. The summed E-state index contributed by atoms with van der Waals surface area (Å²) in [6.45, 7) is 1.29. The molecule has 0 saturated heterocycles. The quantitative estimate of drug-likeness (QED) is 0.657. The Morgan fingerprint density at radius 2 is 1.61 bits per heavy atom. The largest absolute Gasteiger partial charge is 0.348 e. The van der Waals surface area contributed by atoms with Gasteiger partial charge in [-0.25, -0.2) is 0 Å². The van der Waals surface area contributed by atoms with Crippen molar-refractivity contribution in [2.75, 3.05) is 14.1 Å². The van der Waals surface area contributed by atoms with Gasteiger partial charge in [0, 0.05) is 30.8 Å². The second-order valence-corrected chi connectivity index (χ2v) is 5.54. The van der Waals surface area contributed by atoms with Crippen LogP contribution < -0.4 is 5.32 Å². The molecule has 1 N–H and O–H groups in total. The lowest BCUT2D eigenvalue weighted by Gasteiger charge is -2.10. The molecule has 0 heterocycles. The molecule has 0 aliphatic heterocycles. The topological polar surface area (TPSA) is 75.5 Å². The molecule has 2 rings (SSSR count). The Hall–Kier alpha value is -2.73. The van der Waals surface area contributed by atoms with E-state index in [1.807, 2.05) is 38.4 Å². The molecule has 23 heavy (non-hydrogen) atoms. The summed E-state index contributed by atoms with van der Waals surface area (Å²) in [6, 6.07) is 13.6. The fraction of sp³-hybridized carbons (Fsp3) is 0.235. The number of carbonyl (C=O) groups is 1. The lowest BCUT2D eigenvalue weighted by Crippen LogP contribution is -2.22. The van der Waals surface area contributed by atoms with Gasteiger partial charge in [0.15, 0.2) is 0 Å². The van der Waals surface area contributed by atoms with Gasteiger partial charge in [0.25, 0.3) is 11.6 Å². The van der Waals surface area contributed by atoms with E-state index in [2.05, 4.69) is 10.2 Å². The molecular weight excluding hydrogens is 294 g/mol. The number of rotatable bonds is 6. The lowest BCUT2D eigenvalue weighted by atomic mass is 10.1. The SMILES string of the molecule is CN(C)Cc1ccc(CNC(=O)c2ccc([N+](=O)[O-])cc2)cc1. The van der Waals surface area contributed by atoms with E-state index in [1.165, 1.54) is 29.8 Å². The van der Waals surface area contributed by atoms with Crippen molar-refractivity contribution in [1.82, 2.24) is 10.2 Å². The first-order chi connectivity index (χ1) is 11.0. The van der Waals surface area contributed by atoms with Gasteiger partial charge >= 0.3 is 0 Å². The second-order valence-electron chi connectivity index (χ2n) is 5.54. The van der Waals surface area contributed by atoms with Crippen LogP contribution in [0.2, 0.25) is 0 Å². The van der Waals surface area contributed by atoms with E-state index in [0.717, 1.165) is 12.1 Å². The fourth-order valence-electron chi connectivity index (χ4n) is 2.15. The van der Waals surface area contributed by atoms with Crippen LogP contribution in [0.1, 0.15) is 21.5 Å². The minimum absolute atomic E-state index is 0.0296. The number of nitro benzene ring substituents is 1. The molecular formula is C17H19N3O3. The van der Waals surface area contributed by atoms with Gasteiger partial charge in [0.2, 0.25) is 0 Å². The highest BCUT2D eigenvalue weighted by Gasteiger charge is 2.09. The van der Waals surface area contributed by atoms with Crippen LogP contribution in [0.15, 0.2) is 48.5 Å². The monoisotopic (exact) mass is 313 g/mol. The number of hydrogen-bond acceptors (Lipinski definition) is 4. The number of amides is 1. The molecule has 0 aliphatic carbocycles. The van der Waals surface area contributed by atoms with Crippen LogP contribution in [0.3, 0.4) is 0 Å². The van der Waals surface area contributed by atoms with Gasteiger partial charge < -0.3 is 10.2 Å². The van der Waals surface area contributed by atoms with Crippen molar-refractivity contribution in [2.24, 2.45) is 0 Å². The number of nitrogens with zero attached hydrogens (tertiary/aromatic N) is 2. The van der Waals surface area contributed by atoms with Crippen LogP contribution >= 0.6 is 0 Å². The third-order valence-electron chi connectivity index (χ3n) is 3.32. The maximum Gasteiger partial charge on any atom is 0.269 e. The predicted octanol–water partition coefficient (Wildman–Crippen LogP) is 2.59. The molecule has 2 aromatic carbocycles. The normalized spacial score (nSPS) is 10.6. The van der Waals surface area contributed by atoms with E-state index in [1.54, 1.807) is 0 Å². The average molecular weight is 313 g/mol. The Kier molecular flexibility index (Phi) is 5.43. The van der Waals surface area contributed by atoms with Crippen LogP contribution in [0.4, 0.5) is 5.69 Å². The molecule has 0 unspecified atom stereocenters. The van der Waals surface area contributed by atoms with Gasteiger partial charge in [-0.15, -0.1) is 0 Å². The lowest BCUT2D eigenvalue weighted by molar-refractivity contribution is -0.384. The number of nitrogens with one attached hydrogen (secondary N) is 1. The van der Waals surface area contributed by atoms with E-state index in [4.69, 9.17) is 0 Å². The first-order valence-corrected chi connectivity index (χ1v) is 7.21. The molecule has 0 atom stereocenters. The van der Waals surface area contributed by atoms with Crippen molar-refractivity contribution >= 4 is 11.6 Å².